The molecule has 3 heteroatoms. The number of nitrogens with one attached hydrogen (secondary N) is 1. The van der Waals surface area contributed by atoms with E-state index in [1.165, 1.54) is 0 Å². The summed E-state index contributed by atoms with van der Waals surface area (Å²) in [4.78, 5) is 0. The van der Waals surface area contributed by atoms with Gasteiger partial charge in [0.25, 0.3) is 0 Å². The van der Waals surface area contributed by atoms with Crippen LogP contribution < -0.4 is 5.32 Å². The molecule has 0 aromatic carbocycles. The van der Waals surface area contributed by atoms with Gasteiger partial charge in [0.2, 0.25) is 0 Å². The van der Waals surface area contributed by atoms with Crippen LogP contribution in [-0.4, -0.2) is 37.0 Å². The molecule has 2 saturated heterocycles. The smallest absolute Gasteiger partial charge is 0.114 e. The summed E-state index contributed by atoms with van der Waals surface area (Å²) in [6.07, 6.45) is 1.01. The third kappa shape index (κ3) is 1.22. The molecule has 76 valence electrons. The van der Waals surface area contributed by atoms with Crippen molar-refractivity contribution >= 4 is 0 Å². The van der Waals surface area contributed by atoms with Gasteiger partial charge in [-0.2, -0.15) is 0 Å². The number of ether oxygens (including phenoxy) is 2. The van der Waals surface area contributed by atoms with Crippen LogP contribution in [0.4, 0.5) is 0 Å². The SMILES string of the molecule is CC1NCCOC12CCOC2(C)C. The van der Waals surface area contributed by atoms with E-state index >= 15 is 0 Å². The molecule has 13 heavy (non-hydrogen) atoms. The normalized spacial score (nSPS) is 44.1. The van der Waals surface area contributed by atoms with Crippen molar-refractivity contribution in [3.63, 3.8) is 0 Å². The van der Waals surface area contributed by atoms with Gasteiger partial charge >= 0.3 is 0 Å². The first-order valence-electron chi connectivity index (χ1n) is 5.10. The predicted octanol–water partition coefficient (Wildman–Crippen LogP) is 0.932. The molecule has 2 aliphatic rings. The van der Waals surface area contributed by atoms with E-state index in [-0.39, 0.29) is 11.2 Å². The van der Waals surface area contributed by atoms with Gasteiger partial charge in [-0.25, -0.2) is 0 Å². The highest BCUT2D eigenvalue weighted by Crippen LogP contribution is 2.42. The molecule has 2 unspecified atom stereocenters. The van der Waals surface area contributed by atoms with Gasteiger partial charge in [-0.05, 0) is 20.8 Å². The summed E-state index contributed by atoms with van der Waals surface area (Å²) >= 11 is 0. The number of hydrogen-bond donors (Lipinski definition) is 1. The summed E-state index contributed by atoms with van der Waals surface area (Å²) < 4.78 is 11.7. The monoisotopic (exact) mass is 185 g/mol. The minimum atomic E-state index is -0.153. The van der Waals surface area contributed by atoms with E-state index in [1.54, 1.807) is 0 Å². The minimum absolute atomic E-state index is 0.106. The molecular weight excluding hydrogens is 166 g/mol. The van der Waals surface area contributed by atoms with Gasteiger partial charge in [0.1, 0.15) is 5.60 Å². The van der Waals surface area contributed by atoms with Crippen LogP contribution in [-0.2, 0) is 9.47 Å². The van der Waals surface area contributed by atoms with Gasteiger partial charge in [0, 0.05) is 19.0 Å². The Kier molecular flexibility index (Phi) is 2.13. The summed E-state index contributed by atoms with van der Waals surface area (Å²) in [5, 5.41) is 3.47. The van der Waals surface area contributed by atoms with E-state index in [1.807, 2.05) is 0 Å². The van der Waals surface area contributed by atoms with Crippen LogP contribution in [0.15, 0.2) is 0 Å². The molecule has 0 amide bonds. The molecule has 0 aromatic heterocycles. The molecule has 0 saturated carbocycles. The summed E-state index contributed by atoms with van der Waals surface area (Å²) in [5.74, 6) is 0. The van der Waals surface area contributed by atoms with Crippen molar-refractivity contribution in [2.75, 3.05) is 19.8 Å². The number of hydrogen-bond acceptors (Lipinski definition) is 3. The standard InChI is InChI=1S/C10H19NO2/c1-8-10(13-7-5-11-8)4-6-12-9(10,2)3/h8,11H,4-7H2,1-3H3. The Balaban J connectivity index is 2.25. The fourth-order valence-corrected chi connectivity index (χ4v) is 2.66. The van der Waals surface area contributed by atoms with Crippen LogP contribution in [0.5, 0.6) is 0 Å². The average molecular weight is 185 g/mol. The molecular formula is C10H19NO2. The van der Waals surface area contributed by atoms with Crippen molar-refractivity contribution in [1.29, 1.82) is 0 Å². The molecule has 0 bridgehead atoms. The maximum atomic E-state index is 5.97. The molecule has 0 radical (unpaired) electrons. The quantitative estimate of drug-likeness (QED) is 0.609. The van der Waals surface area contributed by atoms with E-state index in [2.05, 4.69) is 26.1 Å². The summed E-state index contributed by atoms with van der Waals surface area (Å²) in [5.41, 5.74) is -0.259. The Bertz CT molecular complexity index is 205. The van der Waals surface area contributed by atoms with Crippen LogP contribution in [0, 0.1) is 0 Å². The molecule has 2 fully saturated rings. The van der Waals surface area contributed by atoms with Crippen LogP contribution in [0.25, 0.3) is 0 Å². The number of morpholine rings is 1. The first-order chi connectivity index (χ1) is 6.08. The van der Waals surface area contributed by atoms with Crippen molar-refractivity contribution in [1.82, 2.24) is 5.32 Å². The van der Waals surface area contributed by atoms with Crippen LogP contribution >= 0.6 is 0 Å². The maximum Gasteiger partial charge on any atom is 0.114 e. The Morgan fingerprint density at radius 3 is 2.54 bits per heavy atom. The van der Waals surface area contributed by atoms with Gasteiger partial charge in [-0.3, -0.25) is 0 Å². The molecule has 1 N–H and O–H groups in total. The highest BCUT2D eigenvalue weighted by atomic mass is 16.6. The predicted molar refractivity (Wildman–Crippen MR) is 50.8 cm³/mol. The summed E-state index contributed by atoms with van der Waals surface area (Å²) in [6.45, 7) is 9.03. The third-order valence-electron chi connectivity index (χ3n) is 3.57. The van der Waals surface area contributed by atoms with Crippen molar-refractivity contribution in [2.45, 2.75) is 44.4 Å². The molecule has 2 rings (SSSR count). The van der Waals surface area contributed by atoms with Crippen molar-refractivity contribution in [3.05, 3.63) is 0 Å². The fraction of sp³-hybridized carbons (Fsp3) is 1.00. The van der Waals surface area contributed by atoms with Crippen molar-refractivity contribution in [3.8, 4) is 0 Å². The largest absolute Gasteiger partial charge is 0.372 e. The van der Waals surface area contributed by atoms with Gasteiger partial charge < -0.3 is 14.8 Å². The lowest BCUT2D eigenvalue weighted by Crippen LogP contribution is -2.64. The van der Waals surface area contributed by atoms with Crippen LogP contribution in [0.3, 0.4) is 0 Å². The lowest BCUT2D eigenvalue weighted by molar-refractivity contribution is -0.167. The first-order valence-corrected chi connectivity index (χ1v) is 5.10. The Hall–Kier alpha value is -0.120. The summed E-state index contributed by atoms with van der Waals surface area (Å²) in [7, 11) is 0. The van der Waals surface area contributed by atoms with Crippen molar-refractivity contribution in [2.24, 2.45) is 0 Å². The zero-order valence-corrected chi connectivity index (χ0v) is 8.72. The van der Waals surface area contributed by atoms with E-state index in [9.17, 15) is 0 Å². The Morgan fingerprint density at radius 2 is 2.00 bits per heavy atom. The minimum Gasteiger partial charge on any atom is -0.372 e. The van der Waals surface area contributed by atoms with Gasteiger partial charge in [0.05, 0.1) is 18.8 Å². The van der Waals surface area contributed by atoms with Crippen molar-refractivity contribution < 1.29 is 9.47 Å². The second-order valence-electron chi connectivity index (χ2n) is 4.52. The lowest BCUT2D eigenvalue weighted by atomic mass is 9.79. The van der Waals surface area contributed by atoms with Crippen LogP contribution in [0.2, 0.25) is 0 Å². The molecule has 3 nitrogen and oxygen atoms in total. The molecule has 2 heterocycles. The van der Waals surface area contributed by atoms with Crippen LogP contribution in [0.1, 0.15) is 27.2 Å². The Morgan fingerprint density at radius 1 is 1.23 bits per heavy atom. The second kappa shape index (κ2) is 2.94. The van der Waals surface area contributed by atoms with E-state index in [0.717, 1.165) is 26.2 Å². The van der Waals surface area contributed by atoms with Gasteiger partial charge in [0.15, 0.2) is 0 Å². The maximum absolute atomic E-state index is 5.97. The second-order valence-corrected chi connectivity index (χ2v) is 4.52. The highest BCUT2D eigenvalue weighted by Gasteiger charge is 2.55. The third-order valence-corrected chi connectivity index (χ3v) is 3.57. The summed E-state index contributed by atoms with van der Waals surface area (Å²) in [6, 6.07) is 0.388. The molecule has 1 spiro atoms. The topological polar surface area (TPSA) is 30.5 Å². The van der Waals surface area contributed by atoms with E-state index in [0.29, 0.717) is 6.04 Å². The first kappa shape index (κ1) is 9.44. The average Bonchev–Trinajstić information content (AvgIpc) is 2.35. The molecule has 2 atom stereocenters. The number of rotatable bonds is 0. The molecule has 2 aliphatic heterocycles. The van der Waals surface area contributed by atoms with Gasteiger partial charge in [-0.15, -0.1) is 0 Å². The van der Waals surface area contributed by atoms with E-state index < -0.39 is 0 Å². The molecule has 0 aromatic rings. The zero-order valence-electron chi connectivity index (χ0n) is 8.72. The zero-order chi connectivity index (χ0) is 9.53. The van der Waals surface area contributed by atoms with Gasteiger partial charge in [-0.1, -0.05) is 0 Å². The molecule has 0 aliphatic carbocycles. The van der Waals surface area contributed by atoms with E-state index in [4.69, 9.17) is 9.47 Å². The lowest BCUT2D eigenvalue weighted by Gasteiger charge is -2.47. The fourth-order valence-electron chi connectivity index (χ4n) is 2.66. The highest BCUT2D eigenvalue weighted by molar-refractivity contribution is 5.08. The Labute approximate surface area is 79.8 Å².